The molecule has 0 aliphatic carbocycles. The Morgan fingerprint density at radius 2 is 1.44 bits per heavy atom. The summed E-state index contributed by atoms with van der Waals surface area (Å²) in [6.45, 7) is 2.55. The van der Waals surface area contributed by atoms with Crippen molar-refractivity contribution >= 4 is 34.6 Å². The van der Waals surface area contributed by atoms with Crippen LogP contribution < -0.4 is 4.74 Å². The van der Waals surface area contributed by atoms with Crippen molar-refractivity contribution < 1.29 is 9.53 Å². The fourth-order valence-electron chi connectivity index (χ4n) is 3.95. The number of benzene rings is 4. The fourth-order valence-corrected chi connectivity index (χ4v) is 5.02. The van der Waals surface area contributed by atoms with Crippen LogP contribution in [0.1, 0.15) is 29.7 Å². The van der Waals surface area contributed by atoms with Crippen LogP contribution in [0.2, 0.25) is 0 Å². The molecule has 1 aliphatic heterocycles. The summed E-state index contributed by atoms with van der Waals surface area (Å²) in [5, 5.41) is 0.677. The Bertz CT molecular complexity index is 1370. The number of thioether (sulfide) groups is 1. The average Bonchev–Trinajstić information content (AvgIpc) is 3.23. The van der Waals surface area contributed by atoms with E-state index in [1.165, 1.54) is 11.8 Å². The van der Waals surface area contributed by atoms with E-state index in [9.17, 15) is 4.79 Å². The highest BCUT2D eigenvalue weighted by molar-refractivity contribution is 8.18. The van der Waals surface area contributed by atoms with E-state index in [0.717, 1.165) is 28.1 Å². The standard InChI is InChI=1S/C31H26N2O2S/c1-23(26-13-7-3-8-14-26)33-30(34)29(36-31(33)32-27-15-9-4-10-16-27)21-24-17-19-28(20-18-24)35-22-25-11-5-2-6-12-25/h2-21,23H,22H2,1H3/b29-21+,32-31?/t23-/m0/s1. The molecule has 178 valence electrons. The van der Waals surface area contributed by atoms with Gasteiger partial charge in [-0.15, -0.1) is 0 Å². The van der Waals surface area contributed by atoms with Crippen LogP contribution in [0.3, 0.4) is 0 Å². The molecule has 1 fully saturated rings. The molecule has 1 amide bonds. The van der Waals surface area contributed by atoms with Gasteiger partial charge in [-0.1, -0.05) is 91.0 Å². The molecular weight excluding hydrogens is 464 g/mol. The third-order valence-electron chi connectivity index (χ3n) is 5.91. The Morgan fingerprint density at radius 3 is 2.11 bits per heavy atom. The van der Waals surface area contributed by atoms with Gasteiger partial charge in [0.25, 0.3) is 5.91 Å². The molecule has 4 aromatic carbocycles. The predicted molar refractivity (Wildman–Crippen MR) is 148 cm³/mol. The monoisotopic (exact) mass is 490 g/mol. The first-order valence-electron chi connectivity index (χ1n) is 11.9. The second kappa shape index (κ2) is 11.1. The lowest BCUT2D eigenvalue weighted by molar-refractivity contribution is -0.123. The summed E-state index contributed by atoms with van der Waals surface area (Å²) in [5.74, 6) is 0.743. The summed E-state index contributed by atoms with van der Waals surface area (Å²) in [5.41, 5.74) is 3.94. The van der Waals surface area contributed by atoms with Crippen molar-refractivity contribution in [3.63, 3.8) is 0 Å². The molecule has 4 aromatic rings. The molecule has 4 nitrogen and oxygen atoms in total. The van der Waals surface area contributed by atoms with E-state index in [1.54, 1.807) is 4.90 Å². The van der Waals surface area contributed by atoms with Gasteiger partial charge in [0.15, 0.2) is 5.17 Å². The topological polar surface area (TPSA) is 41.9 Å². The van der Waals surface area contributed by atoms with Crippen molar-refractivity contribution in [3.05, 3.63) is 137 Å². The molecule has 0 spiro atoms. The number of hydrogen-bond donors (Lipinski definition) is 0. The number of rotatable bonds is 7. The Labute approximate surface area is 216 Å². The lowest BCUT2D eigenvalue weighted by Gasteiger charge is -2.24. The summed E-state index contributed by atoms with van der Waals surface area (Å²) >= 11 is 1.41. The van der Waals surface area contributed by atoms with Crippen LogP contribution in [-0.2, 0) is 11.4 Å². The Kier molecular flexibility index (Phi) is 7.29. The molecule has 1 atom stereocenters. The quantitative estimate of drug-likeness (QED) is 0.250. The van der Waals surface area contributed by atoms with Crippen LogP contribution in [-0.4, -0.2) is 16.0 Å². The number of ether oxygens (including phenoxy) is 1. The maximum atomic E-state index is 13.6. The summed E-state index contributed by atoms with van der Waals surface area (Å²) < 4.78 is 5.90. The van der Waals surface area contributed by atoms with E-state index in [1.807, 2.05) is 128 Å². The molecule has 5 heteroatoms. The van der Waals surface area contributed by atoms with Gasteiger partial charge in [-0.25, -0.2) is 4.99 Å². The highest BCUT2D eigenvalue weighted by Crippen LogP contribution is 2.39. The van der Waals surface area contributed by atoms with Crippen LogP contribution >= 0.6 is 11.8 Å². The largest absolute Gasteiger partial charge is 0.489 e. The lowest BCUT2D eigenvalue weighted by atomic mass is 10.1. The Morgan fingerprint density at radius 1 is 0.833 bits per heavy atom. The van der Waals surface area contributed by atoms with E-state index in [-0.39, 0.29) is 11.9 Å². The fraction of sp³-hybridized carbons (Fsp3) is 0.0968. The SMILES string of the molecule is C[C@@H](c1ccccc1)N1C(=O)/C(=C\c2ccc(OCc3ccccc3)cc2)SC1=Nc1ccccc1. The lowest BCUT2D eigenvalue weighted by Crippen LogP contribution is -2.32. The van der Waals surface area contributed by atoms with Gasteiger partial charge in [0.05, 0.1) is 16.6 Å². The maximum absolute atomic E-state index is 13.6. The minimum atomic E-state index is -0.145. The van der Waals surface area contributed by atoms with Gasteiger partial charge < -0.3 is 4.74 Å². The molecule has 1 heterocycles. The average molecular weight is 491 g/mol. The van der Waals surface area contributed by atoms with Crippen LogP contribution in [0.25, 0.3) is 6.08 Å². The Hall–Kier alpha value is -4.09. The summed E-state index contributed by atoms with van der Waals surface area (Å²) in [6.07, 6.45) is 1.92. The molecule has 1 saturated heterocycles. The van der Waals surface area contributed by atoms with E-state index < -0.39 is 0 Å². The van der Waals surface area contributed by atoms with Gasteiger partial charge in [0, 0.05) is 0 Å². The van der Waals surface area contributed by atoms with E-state index >= 15 is 0 Å². The summed E-state index contributed by atoms with van der Waals surface area (Å²) in [4.78, 5) is 20.8. The number of aliphatic imine (C=N–C) groups is 1. The van der Waals surface area contributed by atoms with Gasteiger partial charge in [0.2, 0.25) is 0 Å². The highest BCUT2D eigenvalue weighted by atomic mass is 32.2. The number of carbonyl (C=O) groups is 1. The van der Waals surface area contributed by atoms with E-state index in [2.05, 4.69) is 0 Å². The van der Waals surface area contributed by atoms with Crippen molar-refractivity contribution in [2.45, 2.75) is 19.6 Å². The number of carbonyl (C=O) groups excluding carboxylic acids is 1. The van der Waals surface area contributed by atoms with Crippen LogP contribution in [0.15, 0.2) is 125 Å². The minimum Gasteiger partial charge on any atom is -0.489 e. The molecule has 0 radical (unpaired) electrons. The second-order valence-electron chi connectivity index (χ2n) is 8.45. The molecule has 0 N–H and O–H groups in total. The number of amides is 1. The molecule has 0 bridgehead atoms. The third kappa shape index (κ3) is 5.58. The van der Waals surface area contributed by atoms with Crippen LogP contribution in [0.4, 0.5) is 5.69 Å². The molecule has 0 saturated carbocycles. The van der Waals surface area contributed by atoms with Gasteiger partial charge in [-0.3, -0.25) is 9.69 Å². The first-order chi connectivity index (χ1) is 17.7. The first-order valence-corrected chi connectivity index (χ1v) is 12.7. The molecular formula is C31H26N2O2S. The molecule has 0 unspecified atom stereocenters. The molecule has 5 rings (SSSR count). The zero-order chi connectivity index (χ0) is 24.7. The number of hydrogen-bond acceptors (Lipinski definition) is 4. The van der Waals surface area contributed by atoms with Crippen LogP contribution in [0, 0.1) is 0 Å². The Balaban J connectivity index is 1.38. The minimum absolute atomic E-state index is 0.0459. The predicted octanol–water partition coefficient (Wildman–Crippen LogP) is 7.63. The highest BCUT2D eigenvalue weighted by Gasteiger charge is 2.37. The number of amidine groups is 1. The first kappa shape index (κ1) is 23.6. The zero-order valence-corrected chi connectivity index (χ0v) is 20.8. The van der Waals surface area contributed by atoms with E-state index in [4.69, 9.17) is 9.73 Å². The molecule has 36 heavy (non-hydrogen) atoms. The van der Waals surface area contributed by atoms with Crippen molar-refractivity contribution in [1.82, 2.24) is 4.90 Å². The number of para-hydroxylation sites is 1. The zero-order valence-electron chi connectivity index (χ0n) is 20.0. The summed E-state index contributed by atoms with van der Waals surface area (Å²) in [7, 11) is 0. The summed E-state index contributed by atoms with van der Waals surface area (Å²) in [6, 6.07) is 37.5. The normalized spacial score (nSPS) is 16.5. The van der Waals surface area contributed by atoms with Crippen molar-refractivity contribution in [2.24, 2.45) is 4.99 Å². The number of nitrogens with zero attached hydrogens (tertiary/aromatic N) is 2. The van der Waals surface area contributed by atoms with Gasteiger partial charge in [-0.05, 0) is 65.7 Å². The van der Waals surface area contributed by atoms with Crippen LogP contribution in [0.5, 0.6) is 5.75 Å². The third-order valence-corrected chi connectivity index (χ3v) is 6.90. The van der Waals surface area contributed by atoms with Crippen molar-refractivity contribution in [2.75, 3.05) is 0 Å². The van der Waals surface area contributed by atoms with Gasteiger partial charge in [-0.2, -0.15) is 0 Å². The maximum Gasteiger partial charge on any atom is 0.267 e. The molecule has 1 aliphatic rings. The van der Waals surface area contributed by atoms with Gasteiger partial charge >= 0.3 is 0 Å². The van der Waals surface area contributed by atoms with Gasteiger partial charge in [0.1, 0.15) is 12.4 Å². The van der Waals surface area contributed by atoms with E-state index in [0.29, 0.717) is 16.7 Å². The smallest absolute Gasteiger partial charge is 0.267 e. The second-order valence-corrected chi connectivity index (χ2v) is 9.45. The van der Waals surface area contributed by atoms with Crippen molar-refractivity contribution in [3.8, 4) is 5.75 Å². The van der Waals surface area contributed by atoms with Crippen molar-refractivity contribution in [1.29, 1.82) is 0 Å². The molecule has 0 aromatic heterocycles.